The number of pyridine rings is 1. The first-order chi connectivity index (χ1) is 16.1. The number of hydrogen-bond acceptors (Lipinski definition) is 3. The van der Waals surface area contributed by atoms with Crippen molar-refractivity contribution in [3.8, 4) is 17.0 Å². The lowest BCUT2D eigenvalue weighted by atomic mass is 9.94. The van der Waals surface area contributed by atoms with E-state index in [2.05, 4.69) is 16.4 Å². The van der Waals surface area contributed by atoms with Crippen molar-refractivity contribution in [3.63, 3.8) is 0 Å². The van der Waals surface area contributed by atoms with Crippen LogP contribution in [0.15, 0.2) is 91.1 Å². The molecule has 164 valence electrons. The Morgan fingerprint density at radius 2 is 1.64 bits per heavy atom. The average Bonchev–Trinajstić information content (AvgIpc) is 2.87. The Kier molecular flexibility index (Phi) is 6.90. The number of benzene rings is 3. The molecule has 0 radical (unpaired) electrons. The number of carbonyl (C=O) groups is 1. The quantitative estimate of drug-likeness (QED) is 0.360. The predicted molar refractivity (Wildman–Crippen MR) is 129 cm³/mol. The van der Waals surface area contributed by atoms with Gasteiger partial charge in [0, 0.05) is 18.8 Å². The summed E-state index contributed by atoms with van der Waals surface area (Å²) in [4.78, 5) is 16.7. The van der Waals surface area contributed by atoms with Crippen molar-refractivity contribution in [2.24, 2.45) is 0 Å². The molecule has 0 fully saturated rings. The van der Waals surface area contributed by atoms with E-state index in [-0.39, 0.29) is 11.7 Å². The SMILES string of the molecule is COc1ccc(C(=O)NCc2ccccc2-c2ccccc2C=Cc2ccc(F)cc2)cn1. The molecule has 0 atom stereocenters. The molecule has 3 aromatic carbocycles. The van der Waals surface area contributed by atoms with E-state index < -0.39 is 0 Å². The van der Waals surface area contributed by atoms with Crippen molar-refractivity contribution >= 4 is 18.1 Å². The van der Waals surface area contributed by atoms with Crippen LogP contribution in [0.2, 0.25) is 0 Å². The van der Waals surface area contributed by atoms with Crippen LogP contribution in [0.25, 0.3) is 23.3 Å². The van der Waals surface area contributed by atoms with Gasteiger partial charge in [-0.1, -0.05) is 72.8 Å². The molecule has 1 N–H and O–H groups in total. The van der Waals surface area contributed by atoms with E-state index in [0.29, 0.717) is 18.0 Å². The molecule has 4 nitrogen and oxygen atoms in total. The minimum absolute atomic E-state index is 0.204. The minimum atomic E-state index is -0.256. The van der Waals surface area contributed by atoms with Crippen LogP contribution in [0.1, 0.15) is 27.0 Å². The average molecular weight is 439 g/mol. The monoisotopic (exact) mass is 438 g/mol. The number of amides is 1. The zero-order valence-electron chi connectivity index (χ0n) is 18.2. The summed E-state index contributed by atoms with van der Waals surface area (Å²) in [7, 11) is 1.53. The highest BCUT2D eigenvalue weighted by atomic mass is 19.1. The summed E-state index contributed by atoms with van der Waals surface area (Å²) in [6.07, 6.45) is 5.47. The summed E-state index contributed by atoms with van der Waals surface area (Å²) in [6, 6.07) is 25.8. The number of halogens is 1. The van der Waals surface area contributed by atoms with Gasteiger partial charge in [-0.05, 0) is 46.0 Å². The number of rotatable bonds is 7. The van der Waals surface area contributed by atoms with Gasteiger partial charge in [-0.25, -0.2) is 9.37 Å². The highest BCUT2D eigenvalue weighted by Crippen LogP contribution is 2.28. The van der Waals surface area contributed by atoms with E-state index in [1.54, 1.807) is 24.3 Å². The van der Waals surface area contributed by atoms with Crippen molar-refractivity contribution < 1.29 is 13.9 Å². The third kappa shape index (κ3) is 5.52. The number of nitrogens with zero attached hydrogens (tertiary/aromatic N) is 1. The van der Waals surface area contributed by atoms with E-state index in [4.69, 9.17) is 4.74 Å². The second kappa shape index (κ2) is 10.4. The molecule has 0 aliphatic heterocycles. The van der Waals surface area contributed by atoms with Crippen molar-refractivity contribution in [2.45, 2.75) is 6.54 Å². The zero-order chi connectivity index (χ0) is 23.0. The van der Waals surface area contributed by atoms with Crippen LogP contribution in [-0.4, -0.2) is 18.0 Å². The first-order valence-electron chi connectivity index (χ1n) is 10.5. The van der Waals surface area contributed by atoms with Crippen LogP contribution < -0.4 is 10.1 Å². The Labute approximate surface area is 192 Å². The van der Waals surface area contributed by atoms with E-state index in [9.17, 15) is 9.18 Å². The van der Waals surface area contributed by atoms with Gasteiger partial charge in [0.25, 0.3) is 5.91 Å². The van der Waals surface area contributed by atoms with Crippen molar-refractivity contribution in [1.82, 2.24) is 10.3 Å². The molecule has 0 unspecified atom stereocenters. The fraction of sp³-hybridized carbons (Fsp3) is 0.0714. The lowest BCUT2D eigenvalue weighted by Crippen LogP contribution is -2.23. The van der Waals surface area contributed by atoms with E-state index >= 15 is 0 Å². The summed E-state index contributed by atoms with van der Waals surface area (Å²) < 4.78 is 18.2. The van der Waals surface area contributed by atoms with Gasteiger partial charge in [0.05, 0.1) is 12.7 Å². The summed E-state index contributed by atoms with van der Waals surface area (Å²) in [5.74, 6) is 0.000544. The number of nitrogens with one attached hydrogen (secondary N) is 1. The van der Waals surface area contributed by atoms with Crippen LogP contribution in [0, 0.1) is 5.82 Å². The molecule has 4 aromatic rings. The fourth-order valence-electron chi connectivity index (χ4n) is 3.50. The molecule has 33 heavy (non-hydrogen) atoms. The van der Waals surface area contributed by atoms with Crippen molar-refractivity contribution in [2.75, 3.05) is 7.11 Å². The number of aromatic nitrogens is 1. The molecule has 0 aliphatic rings. The molecule has 0 saturated heterocycles. The van der Waals surface area contributed by atoms with Gasteiger partial charge in [-0.3, -0.25) is 4.79 Å². The summed E-state index contributed by atoms with van der Waals surface area (Å²) in [5.41, 5.74) is 5.49. The Morgan fingerprint density at radius 3 is 2.36 bits per heavy atom. The van der Waals surface area contributed by atoms with Crippen molar-refractivity contribution in [3.05, 3.63) is 119 Å². The zero-order valence-corrected chi connectivity index (χ0v) is 18.2. The predicted octanol–water partition coefficient (Wildman–Crippen LogP) is 6.00. The Balaban J connectivity index is 1.56. The largest absolute Gasteiger partial charge is 0.481 e. The highest BCUT2D eigenvalue weighted by molar-refractivity contribution is 5.94. The maximum absolute atomic E-state index is 13.2. The first kappa shape index (κ1) is 22.0. The van der Waals surface area contributed by atoms with Gasteiger partial charge >= 0.3 is 0 Å². The van der Waals surface area contributed by atoms with E-state index in [1.165, 1.54) is 25.4 Å². The standard InChI is InChI=1S/C28H23FN2O2/c1-33-27-17-14-23(19-30-27)28(32)31-18-22-7-3-5-9-26(22)25-8-4-2-6-21(25)13-10-20-11-15-24(29)16-12-20/h2-17,19H,18H2,1H3,(H,31,32). The smallest absolute Gasteiger partial charge is 0.253 e. The minimum Gasteiger partial charge on any atom is -0.481 e. The molecule has 5 heteroatoms. The van der Waals surface area contributed by atoms with E-state index in [0.717, 1.165) is 27.8 Å². The number of carbonyl (C=O) groups excluding carboxylic acids is 1. The lowest BCUT2D eigenvalue weighted by molar-refractivity contribution is 0.0950. The third-order valence-corrected chi connectivity index (χ3v) is 5.24. The highest BCUT2D eigenvalue weighted by Gasteiger charge is 2.11. The first-order valence-corrected chi connectivity index (χ1v) is 10.5. The molecule has 1 heterocycles. The molecule has 0 spiro atoms. The van der Waals surface area contributed by atoms with Gasteiger partial charge < -0.3 is 10.1 Å². The topological polar surface area (TPSA) is 51.2 Å². The molecular weight excluding hydrogens is 415 g/mol. The molecule has 4 rings (SSSR count). The summed E-state index contributed by atoms with van der Waals surface area (Å²) >= 11 is 0. The second-order valence-electron chi connectivity index (χ2n) is 7.40. The Hall–Kier alpha value is -4.25. The van der Waals surface area contributed by atoms with Gasteiger partial charge in [0.1, 0.15) is 5.82 Å². The fourth-order valence-corrected chi connectivity index (χ4v) is 3.50. The van der Waals surface area contributed by atoms with Gasteiger partial charge in [-0.2, -0.15) is 0 Å². The van der Waals surface area contributed by atoms with Crippen LogP contribution in [0.4, 0.5) is 4.39 Å². The molecule has 1 aromatic heterocycles. The maximum Gasteiger partial charge on any atom is 0.253 e. The van der Waals surface area contributed by atoms with Crippen LogP contribution in [0.3, 0.4) is 0 Å². The normalized spacial score (nSPS) is 10.8. The van der Waals surface area contributed by atoms with E-state index in [1.807, 2.05) is 54.6 Å². The van der Waals surface area contributed by atoms with Gasteiger partial charge in [0.2, 0.25) is 5.88 Å². The number of methoxy groups -OCH3 is 1. The van der Waals surface area contributed by atoms with Crippen LogP contribution >= 0.6 is 0 Å². The molecule has 0 aliphatic carbocycles. The maximum atomic E-state index is 13.2. The molecule has 0 saturated carbocycles. The number of ether oxygens (including phenoxy) is 1. The van der Waals surface area contributed by atoms with Crippen molar-refractivity contribution in [1.29, 1.82) is 0 Å². The summed E-state index contributed by atoms with van der Waals surface area (Å²) in [6.45, 7) is 0.372. The lowest BCUT2D eigenvalue weighted by Gasteiger charge is -2.13. The number of hydrogen-bond donors (Lipinski definition) is 1. The second-order valence-corrected chi connectivity index (χ2v) is 7.40. The Bertz CT molecular complexity index is 1270. The van der Waals surface area contributed by atoms with Crippen LogP contribution in [0.5, 0.6) is 5.88 Å². The molecule has 1 amide bonds. The summed E-state index contributed by atoms with van der Waals surface area (Å²) in [5, 5.41) is 2.97. The molecular formula is C28H23FN2O2. The van der Waals surface area contributed by atoms with Gasteiger partial charge in [-0.15, -0.1) is 0 Å². The third-order valence-electron chi connectivity index (χ3n) is 5.24. The Morgan fingerprint density at radius 1 is 0.909 bits per heavy atom. The van der Waals surface area contributed by atoms with Crippen LogP contribution in [-0.2, 0) is 6.54 Å². The van der Waals surface area contributed by atoms with Gasteiger partial charge in [0.15, 0.2) is 0 Å². The molecule has 0 bridgehead atoms.